The van der Waals surface area contributed by atoms with Crippen molar-refractivity contribution in [1.29, 1.82) is 0 Å². The third-order valence-corrected chi connectivity index (χ3v) is 5.44. The maximum absolute atomic E-state index is 5.97. The van der Waals surface area contributed by atoms with E-state index in [1.54, 1.807) is 13.4 Å². The summed E-state index contributed by atoms with van der Waals surface area (Å²) >= 11 is 0. The van der Waals surface area contributed by atoms with E-state index in [-0.39, 0.29) is 0 Å². The molecule has 0 aliphatic carbocycles. The van der Waals surface area contributed by atoms with E-state index in [1.807, 2.05) is 72.9 Å². The average molecular weight is 449 g/mol. The van der Waals surface area contributed by atoms with Crippen molar-refractivity contribution < 1.29 is 9.47 Å². The van der Waals surface area contributed by atoms with E-state index >= 15 is 0 Å². The topological polar surface area (TPSA) is 68.3 Å². The second-order valence-corrected chi connectivity index (χ2v) is 7.84. The third kappa shape index (κ3) is 4.94. The maximum atomic E-state index is 5.97. The SMILES string of the molecule is COc1cc(Nc2ncnc3ccc(C#CC4=CNCCC4)cc23)ccc1Oc1ccccc1. The zero-order valence-electron chi connectivity index (χ0n) is 18.8. The van der Waals surface area contributed by atoms with Gasteiger partial charge in [-0.05, 0) is 55.3 Å². The summed E-state index contributed by atoms with van der Waals surface area (Å²) < 4.78 is 11.5. The fourth-order valence-electron chi connectivity index (χ4n) is 3.72. The predicted molar refractivity (Wildman–Crippen MR) is 135 cm³/mol. The lowest BCUT2D eigenvalue weighted by Crippen LogP contribution is -2.12. The van der Waals surface area contributed by atoms with E-state index < -0.39 is 0 Å². The molecule has 4 aromatic rings. The number of anilines is 2. The second-order valence-electron chi connectivity index (χ2n) is 7.84. The molecule has 0 bridgehead atoms. The first kappa shape index (κ1) is 21.4. The molecule has 0 amide bonds. The molecule has 0 fully saturated rings. The minimum atomic E-state index is 0.619. The summed E-state index contributed by atoms with van der Waals surface area (Å²) in [5, 5.41) is 7.54. The van der Waals surface area contributed by atoms with Crippen molar-refractivity contribution in [3.63, 3.8) is 0 Å². The molecule has 0 unspecified atom stereocenters. The molecule has 0 radical (unpaired) electrons. The molecule has 6 heteroatoms. The monoisotopic (exact) mass is 448 g/mol. The van der Waals surface area contributed by atoms with Gasteiger partial charge in [-0.25, -0.2) is 9.97 Å². The van der Waals surface area contributed by atoms with Crippen LogP contribution in [0.15, 0.2) is 84.8 Å². The summed E-state index contributed by atoms with van der Waals surface area (Å²) in [4.78, 5) is 8.88. The zero-order valence-corrected chi connectivity index (χ0v) is 18.8. The molecule has 1 aliphatic rings. The number of allylic oxidation sites excluding steroid dienone is 1. The van der Waals surface area contributed by atoms with E-state index in [2.05, 4.69) is 32.4 Å². The Morgan fingerprint density at radius 1 is 0.941 bits per heavy atom. The molecule has 0 saturated carbocycles. The Morgan fingerprint density at radius 2 is 1.85 bits per heavy atom. The lowest BCUT2D eigenvalue weighted by molar-refractivity contribution is 0.379. The van der Waals surface area contributed by atoms with Crippen LogP contribution in [-0.4, -0.2) is 23.6 Å². The van der Waals surface area contributed by atoms with Gasteiger partial charge in [0.15, 0.2) is 11.5 Å². The summed E-state index contributed by atoms with van der Waals surface area (Å²) in [6.07, 6.45) is 5.68. The van der Waals surface area contributed by atoms with E-state index in [0.29, 0.717) is 17.3 Å². The third-order valence-electron chi connectivity index (χ3n) is 5.44. The number of ether oxygens (including phenoxy) is 2. The molecule has 168 valence electrons. The van der Waals surface area contributed by atoms with Crippen molar-refractivity contribution in [3.05, 3.63) is 90.4 Å². The maximum Gasteiger partial charge on any atom is 0.169 e. The molecule has 2 N–H and O–H groups in total. The molecule has 0 saturated heterocycles. The number of methoxy groups -OCH3 is 1. The van der Waals surface area contributed by atoms with Gasteiger partial charge in [0.25, 0.3) is 0 Å². The summed E-state index contributed by atoms with van der Waals surface area (Å²) in [6.45, 7) is 1.01. The summed E-state index contributed by atoms with van der Waals surface area (Å²) in [5.74, 6) is 9.24. The highest BCUT2D eigenvalue weighted by Crippen LogP contribution is 2.35. The standard InChI is InChI=1S/C28H24N4O2/c1-33-27-17-22(12-14-26(27)34-23-7-3-2-4-8-23)32-28-24-16-20(11-13-25(24)30-19-31-28)9-10-21-6-5-15-29-18-21/h2-4,7-8,11-14,16-19,29H,5-6,15H2,1H3,(H,30,31,32). The molecule has 3 aromatic carbocycles. The highest BCUT2D eigenvalue weighted by atomic mass is 16.5. The minimum absolute atomic E-state index is 0.619. The number of hydrogen-bond acceptors (Lipinski definition) is 6. The molecule has 2 heterocycles. The Kier molecular flexibility index (Phi) is 6.26. The number of hydrogen-bond donors (Lipinski definition) is 2. The number of fused-ring (bicyclic) bond motifs is 1. The highest BCUT2D eigenvalue weighted by Gasteiger charge is 2.10. The molecule has 6 nitrogen and oxygen atoms in total. The van der Waals surface area contributed by atoms with Crippen LogP contribution >= 0.6 is 0 Å². The fraction of sp³-hybridized carbons (Fsp3) is 0.143. The smallest absolute Gasteiger partial charge is 0.169 e. The number of aromatic nitrogens is 2. The van der Waals surface area contributed by atoms with Gasteiger partial charge in [-0.15, -0.1) is 0 Å². The molecule has 1 aromatic heterocycles. The Morgan fingerprint density at radius 3 is 2.68 bits per heavy atom. The first-order valence-corrected chi connectivity index (χ1v) is 11.2. The molecule has 5 rings (SSSR count). The molecular formula is C28H24N4O2. The van der Waals surface area contributed by atoms with Crippen LogP contribution in [0.5, 0.6) is 17.2 Å². The molecule has 1 aliphatic heterocycles. The first-order chi connectivity index (χ1) is 16.8. The zero-order chi connectivity index (χ0) is 23.2. The number of para-hydroxylation sites is 1. The summed E-state index contributed by atoms with van der Waals surface area (Å²) in [7, 11) is 1.62. The number of nitrogens with zero attached hydrogens (tertiary/aromatic N) is 2. The van der Waals surface area contributed by atoms with Gasteiger partial charge in [-0.2, -0.15) is 0 Å². The van der Waals surface area contributed by atoms with Crippen molar-refractivity contribution >= 4 is 22.4 Å². The van der Waals surface area contributed by atoms with Crippen LogP contribution in [0.1, 0.15) is 18.4 Å². The largest absolute Gasteiger partial charge is 0.493 e. The summed E-state index contributed by atoms with van der Waals surface area (Å²) in [6, 6.07) is 21.3. The van der Waals surface area contributed by atoms with E-state index in [4.69, 9.17) is 9.47 Å². The van der Waals surface area contributed by atoms with Gasteiger partial charge in [0, 0.05) is 41.0 Å². The summed E-state index contributed by atoms with van der Waals surface area (Å²) in [5.41, 5.74) is 3.71. The Balaban J connectivity index is 1.42. The highest BCUT2D eigenvalue weighted by molar-refractivity contribution is 5.91. The van der Waals surface area contributed by atoms with Crippen LogP contribution in [0, 0.1) is 11.8 Å². The fourth-order valence-corrected chi connectivity index (χ4v) is 3.72. The lowest BCUT2D eigenvalue weighted by Gasteiger charge is -2.13. The van der Waals surface area contributed by atoms with Crippen LogP contribution in [0.3, 0.4) is 0 Å². The van der Waals surface area contributed by atoms with Gasteiger partial charge < -0.3 is 20.1 Å². The second kappa shape index (κ2) is 9.97. The number of rotatable bonds is 5. The van der Waals surface area contributed by atoms with Gasteiger partial charge >= 0.3 is 0 Å². The number of nitrogens with one attached hydrogen (secondary N) is 2. The first-order valence-electron chi connectivity index (χ1n) is 11.2. The molecule has 0 atom stereocenters. The predicted octanol–water partition coefficient (Wildman–Crippen LogP) is 5.79. The number of benzene rings is 3. The lowest BCUT2D eigenvalue weighted by atomic mass is 10.1. The van der Waals surface area contributed by atoms with Crippen molar-refractivity contribution in [3.8, 4) is 29.1 Å². The van der Waals surface area contributed by atoms with E-state index in [1.165, 1.54) is 0 Å². The van der Waals surface area contributed by atoms with Crippen LogP contribution in [0.25, 0.3) is 10.9 Å². The van der Waals surface area contributed by atoms with Gasteiger partial charge in [0.05, 0.1) is 12.6 Å². The molecule has 0 spiro atoms. The Bertz CT molecular complexity index is 1400. The van der Waals surface area contributed by atoms with E-state index in [9.17, 15) is 0 Å². The molecular weight excluding hydrogens is 424 g/mol. The Hall–Kier alpha value is -4.50. The average Bonchev–Trinajstić information content (AvgIpc) is 2.90. The van der Waals surface area contributed by atoms with Gasteiger partial charge in [0.2, 0.25) is 0 Å². The molecule has 34 heavy (non-hydrogen) atoms. The van der Waals surface area contributed by atoms with E-state index in [0.717, 1.165) is 52.9 Å². The van der Waals surface area contributed by atoms with Crippen LogP contribution in [0.2, 0.25) is 0 Å². The van der Waals surface area contributed by atoms with Crippen LogP contribution in [0.4, 0.5) is 11.5 Å². The van der Waals surface area contributed by atoms with Crippen molar-refractivity contribution in [2.75, 3.05) is 19.0 Å². The Labute approximate surface area is 198 Å². The van der Waals surface area contributed by atoms with Gasteiger partial charge in [0.1, 0.15) is 17.9 Å². The normalized spacial score (nSPS) is 12.7. The quantitative estimate of drug-likeness (QED) is 0.377. The van der Waals surface area contributed by atoms with Crippen LogP contribution in [-0.2, 0) is 0 Å². The van der Waals surface area contributed by atoms with Gasteiger partial charge in [-0.1, -0.05) is 30.0 Å². The van der Waals surface area contributed by atoms with Crippen LogP contribution < -0.4 is 20.1 Å². The van der Waals surface area contributed by atoms with Crippen molar-refractivity contribution in [2.45, 2.75) is 12.8 Å². The minimum Gasteiger partial charge on any atom is -0.493 e. The van der Waals surface area contributed by atoms with Gasteiger partial charge in [-0.3, -0.25) is 0 Å². The van der Waals surface area contributed by atoms with Crippen molar-refractivity contribution in [1.82, 2.24) is 15.3 Å². The van der Waals surface area contributed by atoms with Crippen molar-refractivity contribution in [2.24, 2.45) is 0 Å².